The van der Waals surface area contributed by atoms with Crippen LogP contribution in [-0.4, -0.2) is 18.2 Å². The Hall–Kier alpha value is -1.39. The van der Waals surface area contributed by atoms with Crippen molar-refractivity contribution in [2.75, 3.05) is 18.0 Å². The summed E-state index contributed by atoms with van der Waals surface area (Å²) in [5, 5.41) is 10.2. The van der Waals surface area contributed by atoms with Crippen molar-refractivity contribution in [2.24, 2.45) is 0 Å². The molecule has 1 atom stereocenters. The summed E-state index contributed by atoms with van der Waals surface area (Å²) in [5.41, 5.74) is 1.46. The van der Waals surface area contributed by atoms with Crippen molar-refractivity contribution >= 4 is 21.6 Å². The lowest BCUT2D eigenvalue weighted by molar-refractivity contribution is 0.169. The monoisotopic (exact) mass is 351 g/mol. The lowest BCUT2D eigenvalue weighted by atomic mass is 10.1. The molecule has 21 heavy (non-hydrogen) atoms. The van der Waals surface area contributed by atoms with E-state index in [9.17, 15) is 9.50 Å². The molecule has 0 heterocycles. The standard InChI is InChI=1S/C17H19BrFNO/c1-2-20(16-6-4-3-5-15(16)19)12-11-17(21)13-7-9-14(18)10-8-13/h3-10,17,21H,2,11-12H2,1H3. The molecule has 2 aromatic rings. The van der Waals surface area contributed by atoms with Crippen molar-refractivity contribution in [3.63, 3.8) is 0 Å². The molecule has 0 aliphatic carbocycles. The number of hydrogen-bond donors (Lipinski definition) is 1. The zero-order valence-electron chi connectivity index (χ0n) is 12.0. The van der Waals surface area contributed by atoms with Gasteiger partial charge in [-0.3, -0.25) is 0 Å². The summed E-state index contributed by atoms with van der Waals surface area (Å²) in [6.45, 7) is 3.29. The molecule has 1 unspecified atom stereocenters. The number of halogens is 2. The summed E-state index contributed by atoms with van der Waals surface area (Å²) in [6, 6.07) is 14.4. The average Bonchev–Trinajstić information content (AvgIpc) is 2.50. The Labute approximate surface area is 133 Å². The molecule has 0 saturated heterocycles. The Balaban J connectivity index is 2.00. The van der Waals surface area contributed by atoms with Gasteiger partial charge >= 0.3 is 0 Å². The van der Waals surface area contributed by atoms with Gasteiger partial charge in [0, 0.05) is 17.6 Å². The Morgan fingerprint density at radius 3 is 2.43 bits per heavy atom. The predicted molar refractivity (Wildman–Crippen MR) is 88.0 cm³/mol. The number of para-hydroxylation sites is 1. The van der Waals surface area contributed by atoms with Crippen LogP contribution in [0.5, 0.6) is 0 Å². The van der Waals surface area contributed by atoms with E-state index in [0.29, 0.717) is 25.2 Å². The van der Waals surface area contributed by atoms with Gasteiger partial charge in [-0.1, -0.05) is 40.2 Å². The Bertz CT molecular complexity index is 573. The third-order valence-corrected chi connectivity index (χ3v) is 4.03. The summed E-state index contributed by atoms with van der Waals surface area (Å²) in [7, 11) is 0. The van der Waals surface area contributed by atoms with Crippen molar-refractivity contribution in [1.82, 2.24) is 0 Å². The largest absolute Gasteiger partial charge is 0.388 e. The van der Waals surface area contributed by atoms with Gasteiger partial charge in [-0.25, -0.2) is 4.39 Å². The molecule has 0 amide bonds. The van der Waals surface area contributed by atoms with E-state index in [0.717, 1.165) is 10.0 Å². The van der Waals surface area contributed by atoms with Crippen LogP contribution in [0.1, 0.15) is 25.0 Å². The van der Waals surface area contributed by atoms with Crippen molar-refractivity contribution in [3.8, 4) is 0 Å². The zero-order chi connectivity index (χ0) is 15.2. The molecule has 2 rings (SSSR count). The summed E-state index contributed by atoms with van der Waals surface area (Å²) in [6.07, 6.45) is 0.0167. The highest BCUT2D eigenvalue weighted by Crippen LogP contribution is 2.23. The van der Waals surface area contributed by atoms with Crippen molar-refractivity contribution < 1.29 is 9.50 Å². The van der Waals surface area contributed by atoms with Crippen LogP contribution < -0.4 is 4.90 Å². The van der Waals surface area contributed by atoms with Gasteiger partial charge in [-0.2, -0.15) is 0 Å². The fourth-order valence-electron chi connectivity index (χ4n) is 2.29. The molecule has 2 nitrogen and oxygen atoms in total. The summed E-state index contributed by atoms with van der Waals surface area (Å²) in [5.74, 6) is -0.225. The van der Waals surface area contributed by atoms with Crippen LogP contribution in [0, 0.1) is 5.82 Å². The maximum absolute atomic E-state index is 13.8. The van der Waals surface area contributed by atoms with Crippen LogP contribution in [0.4, 0.5) is 10.1 Å². The normalized spacial score (nSPS) is 12.2. The molecule has 112 valence electrons. The Morgan fingerprint density at radius 1 is 1.14 bits per heavy atom. The third-order valence-electron chi connectivity index (χ3n) is 3.50. The first kappa shape index (κ1) is 16.0. The molecule has 0 aromatic heterocycles. The topological polar surface area (TPSA) is 23.5 Å². The van der Waals surface area contributed by atoms with E-state index in [2.05, 4.69) is 15.9 Å². The maximum Gasteiger partial charge on any atom is 0.146 e. The first-order chi connectivity index (χ1) is 10.1. The van der Waals surface area contributed by atoms with Crippen LogP contribution in [0.15, 0.2) is 53.0 Å². The molecule has 4 heteroatoms. The number of hydrogen-bond acceptors (Lipinski definition) is 2. The van der Waals surface area contributed by atoms with Gasteiger partial charge < -0.3 is 10.0 Å². The summed E-state index contributed by atoms with van der Waals surface area (Å²) >= 11 is 3.37. The second kappa shape index (κ2) is 7.57. The second-order valence-corrected chi connectivity index (χ2v) is 5.80. The fourth-order valence-corrected chi connectivity index (χ4v) is 2.55. The first-order valence-corrected chi connectivity index (χ1v) is 7.84. The van der Waals surface area contributed by atoms with Gasteiger partial charge in [0.25, 0.3) is 0 Å². The average molecular weight is 352 g/mol. The molecule has 1 N–H and O–H groups in total. The number of aliphatic hydroxyl groups is 1. The Kier molecular flexibility index (Phi) is 5.76. The summed E-state index contributed by atoms with van der Waals surface area (Å²) in [4.78, 5) is 1.94. The molecule has 0 radical (unpaired) electrons. The van der Waals surface area contributed by atoms with Crippen molar-refractivity contribution in [3.05, 3.63) is 64.4 Å². The minimum absolute atomic E-state index is 0.225. The SMILES string of the molecule is CCN(CCC(O)c1ccc(Br)cc1)c1ccccc1F. The highest BCUT2D eigenvalue weighted by molar-refractivity contribution is 9.10. The number of aliphatic hydroxyl groups excluding tert-OH is 1. The van der Waals surface area contributed by atoms with E-state index >= 15 is 0 Å². The fraction of sp³-hybridized carbons (Fsp3) is 0.294. The molecule has 0 aliphatic heterocycles. The molecular weight excluding hydrogens is 333 g/mol. The maximum atomic E-state index is 13.8. The van der Waals surface area contributed by atoms with Gasteiger partial charge in [0.15, 0.2) is 0 Å². The Morgan fingerprint density at radius 2 is 1.81 bits per heavy atom. The molecule has 0 aliphatic rings. The lowest BCUT2D eigenvalue weighted by Gasteiger charge is -2.25. The molecule has 0 fully saturated rings. The van der Waals surface area contributed by atoms with Crippen molar-refractivity contribution in [2.45, 2.75) is 19.4 Å². The molecule has 0 spiro atoms. The number of anilines is 1. The van der Waals surface area contributed by atoms with E-state index in [4.69, 9.17) is 0 Å². The molecule has 2 aromatic carbocycles. The predicted octanol–water partition coefficient (Wildman–Crippen LogP) is 4.54. The molecule has 0 saturated carbocycles. The van der Waals surface area contributed by atoms with Crippen LogP contribution in [0.2, 0.25) is 0 Å². The van der Waals surface area contributed by atoms with E-state index in [1.54, 1.807) is 12.1 Å². The van der Waals surface area contributed by atoms with E-state index in [-0.39, 0.29) is 5.82 Å². The third kappa shape index (κ3) is 4.29. The second-order valence-electron chi connectivity index (χ2n) is 4.89. The van der Waals surface area contributed by atoms with Crippen LogP contribution in [0.25, 0.3) is 0 Å². The van der Waals surface area contributed by atoms with E-state index in [1.165, 1.54) is 6.07 Å². The number of nitrogens with zero attached hydrogens (tertiary/aromatic N) is 1. The quantitative estimate of drug-likeness (QED) is 0.825. The minimum atomic E-state index is -0.543. The smallest absolute Gasteiger partial charge is 0.146 e. The zero-order valence-corrected chi connectivity index (χ0v) is 13.6. The van der Waals surface area contributed by atoms with E-state index < -0.39 is 6.10 Å². The number of rotatable bonds is 6. The summed E-state index contributed by atoms with van der Waals surface area (Å²) < 4.78 is 14.8. The van der Waals surface area contributed by atoms with Gasteiger partial charge in [0.2, 0.25) is 0 Å². The van der Waals surface area contributed by atoms with Gasteiger partial charge in [-0.15, -0.1) is 0 Å². The van der Waals surface area contributed by atoms with E-state index in [1.807, 2.05) is 42.2 Å². The highest BCUT2D eigenvalue weighted by Gasteiger charge is 2.13. The van der Waals surface area contributed by atoms with Crippen LogP contribution in [0.3, 0.4) is 0 Å². The van der Waals surface area contributed by atoms with Crippen molar-refractivity contribution in [1.29, 1.82) is 0 Å². The van der Waals surface area contributed by atoms with Gasteiger partial charge in [0.1, 0.15) is 5.82 Å². The van der Waals surface area contributed by atoms with Gasteiger partial charge in [0.05, 0.1) is 11.8 Å². The molecular formula is C17H19BrFNO. The lowest BCUT2D eigenvalue weighted by Crippen LogP contribution is -2.26. The van der Waals surface area contributed by atoms with Crippen LogP contribution in [-0.2, 0) is 0 Å². The highest BCUT2D eigenvalue weighted by atomic mass is 79.9. The first-order valence-electron chi connectivity index (χ1n) is 7.04. The van der Waals surface area contributed by atoms with Crippen LogP contribution >= 0.6 is 15.9 Å². The van der Waals surface area contributed by atoms with Gasteiger partial charge in [-0.05, 0) is 43.2 Å². The minimum Gasteiger partial charge on any atom is -0.388 e. The molecule has 0 bridgehead atoms. The number of benzene rings is 2.